The molecule has 1 fully saturated rings. The number of hydrogen-bond donors (Lipinski definition) is 3. The maximum atomic E-state index is 12.7. The highest BCUT2D eigenvalue weighted by Crippen LogP contribution is 2.29. The van der Waals surface area contributed by atoms with Gasteiger partial charge in [0.05, 0.1) is 12.1 Å². The standard InChI is InChI=1S/C17H22F3N3O3/c1-2-23(10-15(24)25)14-7-13(8-14)22-16(26)21-9-11-4-3-5-12(6-11)17(18,19)20/h3-6,13-14H,2,7-10H2,1H3,(H,24,25)(H2,21,22,26). The molecule has 0 heterocycles. The Hall–Kier alpha value is -2.29. The van der Waals surface area contributed by atoms with E-state index in [1.54, 1.807) is 0 Å². The first-order valence-electron chi connectivity index (χ1n) is 8.35. The van der Waals surface area contributed by atoms with Crippen molar-refractivity contribution in [2.24, 2.45) is 0 Å². The maximum absolute atomic E-state index is 12.7. The molecular formula is C17H22F3N3O3. The molecule has 144 valence electrons. The van der Waals surface area contributed by atoms with Crippen LogP contribution in [0.25, 0.3) is 0 Å². The third kappa shape index (κ3) is 5.62. The average molecular weight is 373 g/mol. The first-order chi connectivity index (χ1) is 12.2. The zero-order valence-electron chi connectivity index (χ0n) is 14.3. The Bertz CT molecular complexity index is 646. The monoisotopic (exact) mass is 373 g/mol. The Morgan fingerprint density at radius 3 is 2.58 bits per heavy atom. The number of aliphatic carboxylic acids is 1. The van der Waals surface area contributed by atoms with Gasteiger partial charge in [0.2, 0.25) is 0 Å². The Kier molecular flexibility index (Phi) is 6.47. The molecule has 2 amide bonds. The Morgan fingerprint density at radius 1 is 1.31 bits per heavy atom. The molecular weight excluding hydrogens is 351 g/mol. The molecule has 2 rings (SSSR count). The summed E-state index contributed by atoms with van der Waals surface area (Å²) in [5.41, 5.74) is -0.391. The molecule has 9 heteroatoms. The van der Waals surface area contributed by atoms with Crippen LogP contribution in [-0.2, 0) is 17.5 Å². The summed E-state index contributed by atoms with van der Waals surface area (Å²) in [7, 11) is 0. The number of alkyl halides is 3. The van der Waals surface area contributed by atoms with Gasteiger partial charge in [-0.25, -0.2) is 4.79 Å². The van der Waals surface area contributed by atoms with E-state index in [4.69, 9.17) is 5.11 Å². The van der Waals surface area contributed by atoms with Crippen LogP contribution in [0.5, 0.6) is 0 Å². The van der Waals surface area contributed by atoms with Crippen LogP contribution in [-0.4, -0.2) is 47.2 Å². The predicted octanol–water partition coefficient (Wildman–Crippen LogP) is 2.44. The first-order valence-corrected chi connectivity index (χ1v) is 8.35. The first kappa shape index (κ1) is 20.0. The van der Waals surface area contributed by atoms with Gasteiger partial charge >= 0.3 is 18.2 Å². The number of carbonyl (C=O) groups excluding carboxylic acids is 1. The number of halogens is 3. The lowest BCUT2D eigenvalue weighted by molar-refractivity contribution is -0.139. The SMILES string of the molecule is CCN(CC(=O)O)C1CC(NC(=O)NCc2cccc(C(F)(F)F)c2)C1. The minimum absolute atomic E-state index is 0.00794. The second kappa shape index (κ2) is 8.39. The van der Waals surface area contributed by atoms with Crippen LogP contribution < -0.4 is 10.6 Å². The van der Waals surface area contributed by atoms with Gasteiger partial charge in [0.25, 0.3) is 0 Å². The van der Waals surface area contributed by atoms with Crippen LogP contribution in [0.1, 0.15) is 30.9 Å². The van der Waals surface area contributed by atoms with E-state index in [-0.39, 0.29) is 25.2 Å². The van der Waals surface area contributed by atoms with Gasteiger partial charge in [-0.2, -0.15) is 13.2 Å². The minimum Gasteiger partial charge on any atom is -0.480 e. The van der Waals surface area contributed by atoms with Crippen molar-refractivity contribution >= 4 is 12.0 Å². The smallest absolute Gasteiger partial charge is 0.416 e. The van der Waals surface area contributed by atoms with Crippen molar-refractivity contribution in [1.82, 2.24) is 15.5 Å². The van der Waals surface area contributed by atoms with E-state index in [0.29, 0.717) is 24.9 Å². The van der Waals surface area contributed by atoms with Gasteiger partial charge in [0.1, 0.15) is 0 Å². The van der Waals surface area contributed by atoms with Crippen LogP contribution >= 0.6 is 0 Å². The number of hydrogen-bond acceptors (Lipinski definition) is 3. The van der Waals surface area contributed by atoms with Crippen LogP contribution in [0.15, 0.2) is 24.3 Å². The molecule has 0 bridgehead atoms. The molecule has 1 aromatic carbocycles. The van der Waals surface area contributed by atoms with Gasteiger partial charge in [-0.15, -0.1) is 0 Å². The third-order valence-corrected chi connectivity index (χ3v) is 4.42. The summed E-state index contributed by atoms with van der Waals surface area (Å²) < 4.78 is 38.0. The molecule has 0 radical (unpaired) electrons. The second-order valence-electron chi connectivity index (χ2n) is 6.30. The lowest BCUT2D eigenvalue weighted by Crippen LogP contribution is -2.56. The van der Waals surface area contributed by atoms with Crippen molar-refractivity contribution in [2.75, 3.05) is 13.1 Å². The number of amides is 2. The van der Waals surface area contributed by atoms with Crippen LogP contribution in [0, 0.1) is 0 Å². The summed E-state index contributed by atoms with van der Waals surface area (Å²) in [5, 5.41) is 14.1. The van der Waals surface area contributed by atoms with E-state index in [9.17, 15) is 22.8 Å². The highest BCUT2D eigenvalue weighted by atomic mass is 19.4. The fourth-order valence-corrected chi connectivity index (χ4v) is 2.95. The number of urea groups is 1. The fourth-order valence-electron chi connectivity index (χ4n) is 2.95. The van der Waals surface area contributed by atoms with Gasteiger partial charge in [-0.05, 0) is 37.1 Å². The average Bonchev–Trinajstić information content (AvgIpc) is 2.53. The Balaban J connectivity index is 1.75. The topological polar surface area (TPSA) is 81.7 Å². The minimum atomic E-state index is -4.42. The van der Waals surface area contributed by atoms with Gasteiger partial charge in [-0.3, -0.25) is 9.69 Å². The van der Waals surface area contributed by atoms with Crippen molar-refractivity contribution in [3.05, 3.63) is 35.4 Å². The van der Waals surface area contributed by atoms with E-state index in [1.807, 2.05) is 11.8 Å². The highest BCUT2D eigenvalue weighted by Gasteiger charge is 2.34. The van der Waals surface area contributed by atoms with Crippen molar-refractivity contribution in [1.29, 1.82) is 0 Å². The molecule has 1 aromatic rings. The number of nitrogens with one attached hydrogen (secondary N) is 2. The lowest BCUT2D eigenvalue weighted by Gasteiger charge is -2.42. The van der Waals surface area contributed by atoms with Gasteiger partial charge in [0, 0.05) is 18.6 Å². The molecule has 0 atom stereocenters. The zero-order valence-corrected chi connectivity index (χ0v) is 14.3. The molecule has 0 spiro atoms. The molecule has 0 saturated heterocycles. The van der Waals surface area contributed by atoms with E-state index in [2.05, 4.69) is 10.6 Å². The molecule has 3 N–H and O–H groups in total. The van der Waals surface area contributed by atoms with E-state index < -0.39 is 23.7 Å². The fraction of sp³-hybridized carbons (Fsp3) is 0.529. The van der Waals surface area contributed by atoms with Crippen LogP contribution in [0.2, 0.25) is 0 Å². The zero-order chi connectivity index (χ0) is 19.3. The summed E-state index contributed by atoms with van der Waals surface area (Å²) in [6.07, 6.45) is -3.11. The summed E-state index contributed by atoms with van der Waals surface area (Å²) in [6.45, 7) is 2.46. The number of carboxylic acids is 1. The van der Waals surface area contributed by atoms with Gasteiger partial charge < -0.3 is 15.7 Å². The van der Waals surface area contributed by atoms with E-state index >= 15 is 0 Å². The maximum Gasteiger partial charge on any atom is 0.416 e. The van der Waals surface area contributed by atoms with Gasteiger partial charge in [-0.1, -0.05) is 19.1 Å². The number of likely N-dealkylation sites (N-methyl/N-ethyl adjacent to an activating group) is 1. The van der Waals surface area contributed by atoms with E-state index in [1.165, 1.54) is 12.1 Å². The van der Waals surface area contributed by atoms with E-state index in [0.717, 1.165) is 12.1 Å². The summed E-state index contributed by atoms with van der Waals surface area (Å²) in [4.78, 5) is 24.5. The number of carbonyl (C=O) groups is 2. The Labute approximate surface area is 149 Å². The summed E-state index contributed by atoms with van der Waals surface area (Å²) in [6, 6.07) is 4.40. The van der Waals surface area contributed by atoms with Crippen molar-refractivity contribution < 1.29 is 27.9 Å². The number of nitrogens with zero attached hydrogens (tertiary/aromatic N) is 1. The number of benzene rings is 1. The lowest BCUT2D eigenvalue weighted by atomic mass is 9.85. The largest absolute Gasteiger partial charge is 0.480 e. The quantitative estimate of drug-likeness (QED) is 0.686. The Morgan fingerprint density at radius 2 is 2.00 bits per heavy atom. The highest BCUT2D eigenvalue weighted by molar-refractivity contribution is 5.74. The summed E-state index contributed by atoms with van der Waals surface area (Å²) >= 11 is 0. The summed E-state index contributed by atoms with van der Waals surface area (Å²) in [5.74, 6) is -0.887. The molecule has 1 aliphatic rings. The van der Waals surface area contributed by atoms with Crippen molar-refractivity contribution in [2.45, 2.75) is 44.6 Å². The second-order valence-corrected chi connectivity index (χ2v) is 6.30. The molecule has 26 heavy (non-hydrogen) atoms. The van der Waals surface area contributed by atoms with Gasteiger partial charge in [0.15, 0.2) is 0 Å². The normalized spacial score (nSPS) is 19.7. The third-order valence-electron chi connectivity index (χ3n) is 4.42. The molecule has 0 unspecified atom stereocenters. The molecule has 1 aliphatic carbocycles. The molecule has 1 saturated carbocycles. The molecule has 0 aromatic heterocycles. The van der Waals surface area contributed by atoms with Crippen LogP contribution in [0.4, 0.5) is 18.0 Å². The number of rotatable bonds is 7. The van der Waals surface area contributed by atoms with Crippen LogP contribution in [0.3, 0.4) is 0 Å². The predicted molar refractivity (Wildman–Crippen MR) is 88.5 cm³/mol. The molecule has 0 aliphatic heterocycles. The molecule has 6 nitrogen and oxygen atoms in total. The van der Waals surface area contributed by atoms with Crippen molar-refractivity contribution in [3.63, 3.8) is 0 Å². The van der Waals surface area contributed by atoms with Crippen molar-refractivity contribution in [3.8, 4) is 0 Å². The number of carboxylic acid groups (broad SMARTS) is 1.